The topological polar surface area (TPSA) is 96.5 Å². The molecule has 1 spiro atoms. The van der Waals surface area contributed by atoms with E-state index >= 15 is 0 Å². The first kappa shape index (κ1) is 28.0. The van der Waals surface area contributed by atoms with Crippen LogP contribution in [0.1, 0.15) is 63.2 Å². The van der Waals surface area contributed by atoms with Gasteiger partial charge in [-0.1, -0.05) is 13.8 Å². The van der Waals surface area contributed by atoms with E-state index in [1.54, 1.807) is 16.7 Å². The molecule has 3 aliphatic heterocycles. The molecule has 0 aliphatic carbocycles. The molecule has 3 amide bonds. The molecule has 0 bridgehead atoms. The molecule has 3 heterocycles. The Hall–Kier alpha value is -3.01. The second-order valence-electron chi connectivity index (χ2n) is 10.8. The Morgan fingerprint density at radius 2 is 1.66 bits per heavy atom. The van der Waals surface area contributed by atoms with Crippen molar-refractivity contribution in [2.45, 2.75) is 64.6 Å². The zero-order valence-corrected chi connectivity index (χ0v) is 22.5. The number of piperidine rings is 2. The van der Waals surface area contributed by atoms with Gasteiger partial charge < -0.3 is 19.3 Å². The first-order valence-electron chi connectivity index (χ1n) is 13.6. The molecule has 1 atom stereocenters. The molecular formula is C28H38FN3O6. The van der Waals surface area contributed by atoms with Gasteiger partial charge in [-0.25, -0.2) is 4.39 Å². The summed E-state index contributed by atoms with van der Waals surface area (Å²) in [4.78, 5) is 57.4. The number of benzene rings is 1. The number of carbonyl (C=O) groups excluding carboxylic acids is 4. The summed E-state index contributed by atoms with van der Waals surface area (Å²) in [5.41, 5.74) is -0.752. The van der Waals surface area contributed by atoms with E-state index in [2.05, 4.69) is 0 Å². The molecule has 3 fully saturated rings. The molecule has 0 saturated carbocycles. The minimum absolute atomic E-state index is 0.0452. The van der Waals surface area contributed by atoms with E-state index in [-0.39, 0.29) is 41.8 Å². The van der Waals surface area contributed by atoms with Crippen molar-refractivity contribution >= 4 is 23.7 Å². The zero-order valence-electron chi connectivity index (χ0n) is 22.5. The Kier molecular flexibility index (Phi) is 8.70. The van der Waals surface area contributed by atoms with Crippen LogP contribution in [0.2, 0.25) is 0 Å². The third-order valence-electron chi connectivity index (χ3n) is 7.76. The van der Waals surface area contributed by atoms with Gasteiger partial charge in [0.1, 0.15) is 17.6 Å². The lowest BCUT2D eigenvalue weighted by atomic mass is 9.94. The fourth-order valence-corrected chi connectivity index (χ4v) is 5.68. The lowest BCUT2D eigenvalue weighted by Crippen LogP contribution is -2.60. The Morgan fingerprint density at radius 3 is 2.24 bits per heavy atom. The molecule has 10 heteroatoms. The Bertz CT molecular complexity index is 1030. The number of carbonyl (C=O) groups is 4. The van der Waals surface area contributed by atoms with Gasteiger partial charge in [0.15, 0.2) is 0 Å². The van der Waals surface area contributed by atoms with Crippen molar-refractivity contribution in [2.75, 3.05) is 39.4 Å². The van der Waals surface area contributed by atoms with Gasteiger partial charge in [-0.15, -0.1) is 0 Å². The average molecular weight is 532 g/mol. The number of hydrogen-bond acceptors (Lipinski definition) is 6. The van der Waals surface area contributed by atoms with E-state index in [9.17, 15) is 23.6 Å². The molecule has 4 rings (SSSR count). The molecule has 0 N–H and O–H groups in total. The molecule has 0 aromatic heterocycles. The van der Waals surface area contributed by atoms with Crippen LogP contribution < -0.4 is 0 Å². The normalized spacial score (nSPS) is 21.7. The van der Waals surface area contributed by atoms with Gasteiger partial charge in [-0.2, -0.15) is 0 Å². The van der Waals surface area contributed by atoms with Crippen LogP contribution in [-0.4, -0.2) is 89.6 Å². The highest BCUT2D eigenvalue weighted by Gasteiger charge is 2.55. The highest BCUT2D eigenvalue weighted by molar-refractivity contribution is 5.98. The van der Waals surface area contributed by atoms with E-state index < -0.39 is 23.5 Å². The van der Waals surface area contributed by atoms with E-state index in [0.29, 0.717) is 64.9 Å². The number of ether oxygens (including phenoxy) is 2. The molecule has 208 valence electrons. The van der Waals surface area contributed by atoms with Crippen LogP contribution in [-0.2, 0) is 23.9 Å². The van der Waals surface area contributed by atoms with Crippen LogP contribution in [0.25, 0.3) is 0 Å². The third-order valence-corrected chi connectivity index (χ3v) is 7.76. The predicted octanol–water partition coefficient (Wildman–Crippen LogP) is 2.83. The van der Waals surface area contributed by atoms with E-state index in [1.807, 2.05) is 13.8 Å². The Morgan fingerprint density at radius 1 is 1.03 bits per heavy atom. The van der Waals surface area contributed by atoms with Crippen molar-refractivity contribution in [3.8, 4) is 0 Å². The monoisotopic (exact) mass is 531 g/mol. The minimum Gasteiger partial charge on any atom is -0.466 e. The highest BCUT2D eigenvalue weighted by Crippen LogP contribution is 2.39. The van der Waals surface area contributed by atoms with Crippen molar-refractivity contribution < 1.29 is 33.0 Å². The minimum atomic E-state index is -1.02. The van der Waals surface area contributed by atoms with Crippen LogP contribution in [0, 0.1) is 17.7 Å². The van der Waals surface area contributed by atoms with Gasteiger partial charge in [0.2, 0.25) is 11.8 Å². The summed E-state index contributed by atoms with van der Waals surface area (Å²) in [7, 11) is 0. The first-order chi connectivity index (χ1) is 18.1. The number of nitrogens with zero attached hydrogens (tertiary/aromatic N) is 3. The van der Waals surface area contributed by atoms with Crippen molar-refractivity contribution in [3.05, 3.63) is 35.6 Å². The van der Waals surface area contributed by atoms with Gasteiger partial charge in [-0.05, 0) is 49.9 Å². The summed E-state index contributed by atoms with van der Waals surface area (Å²) in [6.07, 6.45) is 2.23. The second kappa shape index (κ2) is 11.8. The standard InChI is InChI=1S/C28H38FN3O6/c1-4-37-27(36)21-9-13-31(14-10-21)26(35)23-18-38-28(11-15-30(16-12-28)24(33)17-19(2)3)32(23)25(34)20-5-7-22(29)8-6-20/h5-8,19,21,23H,4,9-18H2,1-3H3. The number of likely N-dealkylation sites (tertiary alicyclic amines) is 2. The summed E-state index contributed by atoms with van der Waals surface area (Å²) in [6, 6.07) is 4.43. The highest BCUT2D eigenvalue weighted by atomic mass is 19.1. The van der Waals surface area contributed by atoms with Crippen LogP contribution in [0.3, 0.4) is 0 Å². The molecule has 1 unspecified atom stereocenters. The van der Waals surface area contributed by atoms with Gasteiger partial charge in [0.25, 0.3) is 5.91 Å². The molecule has 9 nitrogen and oxygen atoms in total. The second-order valence-corrected chi connectivity index (χ2v) is 10.8. The third kappa shape index (κ3) is 5.85. The van der Waals surface area contributed by atoms with Gasteiger partial charge in [0, 0.05) is 51.0 Å². The maximum atomic E-state index is 13.8. The van der Waals surface area contributed by atoms with Gasteiger partial charge >= 0.3 is 5.97 Å². The summed E-state index contributed by atoms with van der Waals surface area (Å²) in [5, 5.41) is 0. The van der Waals surface area contributed by atoms with Crippen molar-refractivity contribution in [2.24, 2.45) is 11.8 Å². The smallest absolute Gasteiger partial charge is 0.309 e. The fourth-order valence-electron chi connectivity index (χ4n) is 5.68. The Labute approximate surface area is 223 Å². The van der Waals surface area contributed by atoms with Crippen molar-refractivity contribution in [3.63, 3.8) is 0 Å². The van der Waals surface area contributed by atoms with Crippen molar-refractivity contribution in [1.82, 2.24) is 14.7 Å². The summed E-state index contributed by atoms with van der Waals surface area (Å²) >= 11 is 0. The van der Waals surface area contributed by atoms with Crippen molar-refractivity contribution in [1.29, 1.82) is 0 Å². The first-order valence-corrected chi connectivity index (χ1v) is 13.6. The van der Waals surface area contributed by atoms with E-state index in [4.69, 9.17) is 9.47 Å². The number of amides is 3. The molecule has 0 radical (unpaired) electrons. The van der Waals surface area contributed by atoms with Crippen LogP contribution in [0.15, 0.2) is 24.3 Å². The molecule has 1 aromatic rings. The van der Waals surface area contributed by atoms with Gasteiger partial charge in [0.05, 0.1) is 19.1 Å². The lowest BCUT2D eigenvalue weighted by molar-refractivity contribution is -0.152. The van der Waals surface area contributed by atoms with Crippen LogP contribution in [0.4, 0.5) is 4.39 Å². The predicted molar refractivity (Wildman–Crippen MR) is 136 cm³/mol. The number of halogens is 1. The average Bonchev–Trinajstić information content (AvgIpc) is 3.26. The van der Waals surface area contributed by atoms with Gasteiger partial charge in [-0.3, -0.25) is 24.1 Å². The van der Waals surface area contributed by atoms with Crippen LogP contribution >= 0.6 is 0 Å². The summed E-state index contributed by atoms with van der Waals surface area (Å²) in [6.45, 7) is 7.75. The van der Waals surface area contributed by atoms with E-state index in [1.165, 1.54) is 29.2 Å². The SMILES string of the molecule is CCOC(=O)C1CCN(C(=O)C2COC3(CCN(C(=O)CC(C)C)CC3)N2C(=O)c2ccc(F)cc2)CC1. The summed E-state index contributed by atoms with van der Waals surface area (Å²) in [5.74, 6) is -1.25. The maximum absolute atomic E-state index is 13.8. The number of hydrogen-bond donors (Lipinski definition) is 0. The summed E-state index contributed by atoms with van der Waals surface area (Å²) < 4.78 is 25.0. The Balaban J connectivity index is 1.52. The molecule has 1 aromatic carbocycles. The molecular weight excluding hydrogens is 493 g/mol. The number of esters is 1. The lowest BCUT2D eigenvalue weighted by Gasteiger charge is -2.45. The quantitative estimate of drug-likeness (QED) is 0.524. The maximum Gasteiger partial charge on any atom is 0.309 e. The number of rotatable bonds is 6. The molecule has 3 aliphatic rings. The van der Waals surface area contributed by atoms with Crippen LogP contribution in [0.5, 0.6) is 0 Å². The zero-order chi connectivity index (χ0) is 27.4. The molecule has 38 heavy (non-hydrogen) atoms. The fraction of sp³-hybridized carbons (Fsp3) is 0.643. The van der Waals surface area contributed by atoms with E-state index in [0.717, 1.165) is 0 Å². The molecule has 3 saturated heterocycles. The largest absolute Gasteiger partial charge is 0.466 e.